The molecule has 0 aromatic heterocycles. The molecule has 122 valence electrons. The Balaban J connectivity index is 0.00000176. The van der Waals surface area contributed by atoms with Crippen molar-refractivity contribution >= 4 is 34.2 Å². The van der Waals surface area contributed by atoms with E-state index in [1.165, 1.54) is 0 Å². The second-order valence-corrected chi connectivity index (χ2v) is 7.15. The number of carbonyl (C=O) groups is 1. The van der Waals surface area contributed by atoms with Gasteiger partial charge in [-0.1, -0.05) is 0 Å². The quantitative estimate of drug-likeness (QED) is 0.706. The van der Waals surface area contributed by atoms with Crippen LogP contribution in [0.4, 0.5) is 0 Å². The molecule has 1 N–H and O–H groups in total. The number of sulfonamides is 1. The predicted octanol–water partition coefficient (Wildman–Crippen LogP) is -0.274. The van der Waals surface area contributed by atoms with E-state index in [2.05, 4.69) is 9.71 Å². The Labute approximate surface area is 136 Å². The molecule has 0 radical (unpaired) electrons. The molecule has 1 fully saturated rings. The maximum Gasteiger partial charge on any atom is 0.256 e. The van der Waals surface area contributed by atoms with Crippen molar-refractivity contribution in [1.29, 1.82) is 0 Å². The molecule has 9 heteroatoms. The van der Waals surface area contributed by atoms with Gasteiger partial charge in [0, 0.05) is 38.4 Å². The molecule has 0 saturated carbocycles. The number of piperazine rings is 1. The maximum absolute atomic E-state index is 12.6. The molecular weight excluding hydrogens is 328 g/mol. The minimum absolute atomic E-state index is 0. The number of nitrogens with one attached hydrogen (secondary N) is 1. The summed E-state index contributed by atoms with van der Waals surface area (Å²) >= 11 is 0. The van der Waals surface area contributed by atoms with E-state index in [0.717, 1.165) is 13.1 Å². The zero-order valence-electron chi connectivity index (χ0n) is 12.2. The topological polar surface area (TPSA) is 82.1 Å². The van der Waals surface area contributed by atoms with E-state index >= 15 is 0 Å². The van der Waals surface area contributed by atoms with Crippen molar-refractivity contribution in [2.45, 2.75) is 13.0 Å². The molecule has 0 aromatic carbocycles. The van der Waals surface area contributed by atoms with Crippen LogP contribution < -0.4 is 5.32 Å². The average Bonchev–Trinajstić information content (AvgIpc) is 2.46. The lowest BCUT2D eigenvalue weighted by atomic mass is 10.1. The molecule has 1 saturated heterocycles. The molecule has 22 heavy (non-hydrogen) atoms. The molecule has 0 spiro atoms. The highest BCUT2D eigenvalue weighted by Crippen LogP contribution is 2.18. The smallest absolute Gasteiger partial charge is 0.256 e. The number of rotatable bonds is 1. The lowest BCUT2D eigenvalue weighted by Crippen LogP contribution is -2.52. The number of amides is 1. The summed E-state index contributed by atoms with van der Waals surface area (Å²) in [5, 5.41) is 3.25. The van der Waals surface area contributed by atoms with Gasteiger partial charge in [-0.2, -0.15) is 0 Å². The van der Waals surface area contributed by atoms with Crippen LogP contribution in [0.2, 0.25) is 0 Å². The van der Waals surface area contributed by atoms with E-state index in [1.54, 1.807) is 23.3 Å². The normalized spacial score (nSPS) is 26.5. The SMILES string of the molecule is CC1CNCCN1C(=O)C1=CN2CCS(=O)(=O)N=C2C=C1.Cl. The molecule has 1 atom stereocenters. The Hall–Kier alpha value is -1.38. The lowest BCUT2D eigenvalue weighted by Gasteiger charge is -2.35. The average molecular weight is 347 g/mol. The van der Waals surface area contributed by atoms with Crippen LogP contribution in [0, 0.1) is 0 Å². The van der Waals surface area contributed by atoms with Gasteiger partial charge in [0.05, 0.1) is 11.3 Å². The second kappa shape index (κ2) is 6.39. The van der Waals surface area contributed by atoms with Gasteiger partial charge in [-0.15, -0.1) is 16.8 Å². The fourth-order valence-corrected chi connectivity index (χ4v) is 3.61. The minimum Gasteiger partial charge on any atom is -0.333 e. The summed E-state index contributed by atoms with van der Waals surface area (Å²) in [6.07, 6.45) is 4.94. The Kier molecular flexibility index (Phi) is 4.93. The number of halogens is 1. The first-order chi connectivity index (χ1) is 9.96. The van der Waals surface area contributed by atoms with Gasteiger partial charge in [0.1, 0.15) is 5.84 Å². The fourth-order valence-electron chi connectivity index (χ4n) is 2.64. The van der Waals surface area contributed by atoms with Crippen molar-refractivity contribution in [3.63, 3.8) is 0 Å². The highest BCUT2D eigenvalue weighted by Gasteiger charge is 2.29. The number of amidine groups is 1. The van der Waals surface area contributed by atoms with Crippen LogP contribution >= 0.6 is 12.4 Å². The van der Waals surface area contributed by atoms with Gasteiger partial charge in [-0.25, -0.2) is 8.42 Å². The lowest BCUT2D eigenvalue weighted by molar-refractivity contribution is -0.129. The van der Waals surface area contributed by atoms with Crippen LogP contribution in [-0.2, 0) is 14.8 Å². The predicted molar refractivity (Wildman–Crippen MR) is 86.4 cm³/mol. The van der Waals surface area contributed by atoms with Crippen LogP contribution in [0.3, 0.4) is 0 Å². The Morgan fingerprint density at radius 1 is 1.36 bits per heavy atom. The number of fused-ring (bicyclic) bond motifs is 1. The van der Waals surface area contributed by atoms with Crippen molar-refractivity contribution < 1.29 is 13.2 Å². The van der Waals surface area contributed by atoms with Crippen molar-refractivity contribution in [3.05, 3.63) is 23.9 Å². The number of carbonyl (C=O) groups excluding carboxylic acids is 1. The third kappa shape index (κ3) is 3.34. The van der Waals surface area contributed by atoms with Gasteiger partial charge >= 0.3 is 0 Å². The Morgan fingerprint density at radius 3 is 2.86 bits per heavy atom. The van der Waals surface area contributed by atoms with Crippen molar-refractivity contribution in [1.82, 2.24) is 15.1 Å². The number of nitrogens with zero attached hydrogens (tertiary/aromatic N) is 3. The van der Waals surface area contributed by atoms with Crippen LogP contribution in [-0.4, -0.2) is 67.9 Å². The zero-order chi connectivity index (χ0) is 15.0. The third-order valence-electron chi connectivity index (χ3n) is 3.83. The standard InChI is InChI=1S/C13H18N4O3S.ClH/c1-10-8-14-4-5-17(10)13(18)11-2-3-12-15-21(19,20)7-6-16(12)9-11;/h2-3,9-10,14H,4-8H2,1H3;1H. The van der Waals surface area contributed by atoms with Crippen LogP contribution in [0.25, 0.3) is 0 Å². The summed E-state index contributed by atoms with van der Waals surface area (Å²) < 4.78 is 26.6. The summed E-state index contributed by atoms with van der Waals surface area (Å²) in [4.78, 5) is 16.1. The fraction of sp³-hybridized carbons (Fsp3) is 0.538. The van der Waals surface area contributed by atoms with Crippen LogP contribution in [0.5, 0.6) is 0 Å². The zero-order valence-corrected chi connectivity index (χ0v) is 13.9. The molecule has 7 nitrogen and oxygen atoms in total. The van der Waals surface area contributed by atoms with Gasteiger partial charge in [0.2, 0.25) is 0 Å². The number of hydrogen-bond donors (Lipinski definition) is 1. The van der Waals surface area contributed by atoms with E-state index < -0.39 is 10.0 Å². The molecule has 3 rings (SSSR count). The van der Waals surface area contributed by atoms with Crippen molar-refractivity contribution in [3.8, 4) is 0 Å². The van der Waals surface area contributed by atoms with E-state index in [0.29, 0.717) is 24.5 Å². The first-order valence-electron chi connectivity index (χ1n) is 6.97. The van der Waals surface area contributed by atoms with E-state index in [1.807, 2.05) is 11.8 Å². The summed E-state index contributed by atoms with van der Waals surface area (Å²) in [5.41, 5.74) is 0.571. The summed E-state index contributed by atoms with van der Waals surface area (Å²) in [5.74, 6) is 0.339. The highest BCUT2D eigenvalue weighted by atomic mass is 35.5. The highest BCUT2D eigenvalue weighted by molar-refractivity contribution is 7.90. The summed E-state index contributed by atoms with van der Waals surface area (Å²) in [7, 11) is -3.36. The molecule has 1 unspecified atom stereocenters. The van der Waals surface area contributed by atoms with Crippen LogP contribution in [0.15, 0.2) is 28.3 Å². The van der Waals surface area contributed by atoms with Gasteiger partial charge in [-0.3, -0.25) is 4.79 Å². The molecule has 3 heterocycles. The largest absolute Gasteiger partial charge is 0.333 e. The maximum atomic E-state index is 12.6. The summed E-state index contributed by atoms with van der Waals surface area (Å²) in [6.45, 7) is 4.61. The van der Waals surface area contributed by atoms with Crippen LogP contribution in [0.1, 0.15) is 6.92 Å². The van der Waals surface area contributed by atoms with Crippen molar-refractivity contribution in [2.75, 3.05) is 31.9 Å². The van der Waals surface area contributed by atoms with Gasteiger partial charge in [-0.05, 0) is 19.1 Å². The van der Waals surface area contributed by atoms with Crippen molar-refractivity contribution in [2.24, 2.45) is 4.40 Å². The second-order valence-electron chi connectivity index (χ2n) is 5.40. The Bertz CT molecular complexity index is 656. The molecule has 1 amide bonds. The molecule has 3 aliphatic rings. The third-order valence-corrected chi connectivity index (χ3v) is 5.00. The van der Waals surface area contributed by atoms with Gasteiger partial charge in [0.25, 0.3) is 15.9 Å². The molecule has 0 aromatic rings. The van der Waals surface area contributed by atoms with E-state index in [-0.39, 0.29) is 30.1 Å². The Morgan fingerprint density at radius 2 is 2.14 bits per heavy atom. The molecular formula is C13H19ClN4O3S. The van der Waals surface area contributed by atoms with Gasteiger partial charge in [0.15, 0.2) is 0 Å². The first-order valence-corrected chi connectivity index (χ1v) is 8.58. The van der Waals surface area contributed by atoms with E-state index in [9.17, 15) is 13.2 Å². The molecule has 0 aliphatic carbocycles. The molecule has 0 bridgehead atoms. The number of hydrogen-bond acceptors (Lipinski definition) is 5. The molecule has 3 aliphatic heterocycles. The monoisotopic (exact) mass is 346 g/mol. The summed E-state index contributed by atoms with van der Waals surface area (Å²) in [6, 6.07) is 0.150. The first kappa shape index (κ1) is 17.0. The van der Waals surface area contributed by atoms with Gasteiger partial charge < -0.3 is 15.1 Å². The van der Waals surface area contributed by atoms with E-state index in [4.69, 9.17) is 0 Å². The minimum atomic E-state index is -3.36.